The maximum Gasteiger partial charge on any atom is 0.168 e. The summed E-state index contributed by atoms with van der Waals surface area (Å²) in [7, 11) is -3.07. The molecule has 1 atom stereocenters. The number of rotatable bonds is 5. The molecule has 0 radical (unpaired) electrons. The van der Waals surface area contributed by atoms with E-state index < -0.39 is 14.5 Å². The SMILES string of the molecule is CCNCCS(=O)(=O)C(C)Cl. The van der Waals surface area contributed by atoms with Crippen LogP contribution in [0.15, 0.2) is 0 Å². The van der Waals surface area contributed by atoms with Gasteiger partial charge in [0.15, 0.2) is 9.84 Å². The van der Waals surface area contributed by atoms with Gasteiger partial charge in [0.25, 0.3) is 0 Å². The summed E-state index contributed by atoms with van der Waals surface area (Å²) >= 11 is 5.43. The normalized spacial score (nSPS) is 14.8. The molecule has 0 bridgehead atoms. The first-order chi connectivity index (χ1) is 5.00. The second kappa shape index (κ2) is 4.95. The fourth-order valence-electron chi connectivity index (χ4n) is 0.554. The Morgan fingerprint density at radius 1 is 1.55 bits per heavy atom. The second-order valence-corrected chi connectivity index (χ2v) is 5.62. The third-order valence-corrected chi connectivity index (χ3v) is 3.89. The van der Waals surface area contributed by atoms with Gasteiger partial charge in [0.2, 0.25) is 0 Å². The minimum absolute atomic E-state index is 0.117. The van der Waals surface area contributed by atoms with E-state index in [9.17, 15) is 8.42 Å². The highest BCUT2D eigenvalue weighted by Crippen LogP contribution is 2.04. The Morgan fingerprint density at radius 3 is 2.45 bits per heavy atom. The van der Waals surface area contributed by atoms with Gasteiger partial charge in [-0.2, -0.15) is 0 Å². The zero-order valence-corrected chi connectivity index (χ0v) is 8.37. The van der Waals surface area contributed by atoms with E-state index in [4.69, 9.17) is 11.6 Å². The van der Waals surface area contributed by atoms with Crippen molar-refractivity contribution in [3.05, 3.63) is 0 Å². The highest BCUT2D eigenvalue weighted by molar-refractivity contribution is 7.93. The van der Waals surface area contributed by atoms with Crippen LogP contribution in [0.5, 0.6) is 0 Å². The van der Waals surface area contributed by atoms with Gasteiger partial charge >= 0.3 is 0 Å². The largest absolute Gasteiger partial charge is 0.316 e. The zero-order valence-electron chi connectivity index (χ0n) is 6.80. The van der Waals surface area contributed by atoms with Crippen molar-refractivity contribution < 1.29 is 8.42 Å². The fourth-order valence-corrected chi connectivity index (χ4v) is 1.57. The Morgan fingerprint density at radius 2 is 2.09 bits per heavy atom. The molecule has 0 aliphatic carbocycles. The van der Waals surface area contributed by atoms with Crippen molar-refractivity contribution in [1.82, 2.24) is 5.32 Å². The van der Waals surface area contributed by atoms with Crippen LogP contribution in [-0.4, -0.2) is 32.0 Å². The molecule has 1 N–H and O–H groups in total. The molecule has 0 aromatic carbocycles. The van der Waals surface area contributed by atoms with Crippen molar-refractivity contribution in [2.24, 2.45) is 0 Å². The predicted octanol–water partition coefficient (Wildman–Crippen LogP) is 0.596. The lowest BCUT2D eigenvalue weighted by molar-refractivity contribution is 0.590. The molecular formula is C6H14ClNO2S. The summed E-state index contributed by atoms with van der Waals surface area (Å²) < 4.78 is 21.3. The lowest BCUT2D eigenvalue weighted by atomic mass is 10.7. The fraction of sp³-hybridized carbons (Fsp3) is 1.00. The van der Waals surface area contributed by atoms with Crippen LogP contribution >= 0.6 is 11.6 Å². The topological polar surface area (TPSA) is 46.2 Å². The van der Waals surface area contributed by atoms with Crippen LogP contribution in [0.4, 0.5) is 0 Å². The Hall–Kier alpha value is 0.200. The molecule has 0 aromatic rings. The van der Waals surface area contributed by atoms with Gasteiger partial charge in [0.1, 0.15) is 4.71 Å². The molecule has 0 rings (SSSR count). The molecule has 0 aliphatic heterocycles. The summed E-state index contributed by atoms with van der Waals surface area (Å²) in [5.74, 6) is 0.117. The molecular weight excluding hydrogens is 186 g/mol. The summed E-state index contributed by atoms with van der Waals surface area (Å²) in [4.78, 5) is 0. The highest BCUT2D eigenvalue weighted by Gasteiger charge is 2.16. The van der Waals surface area contributed by atoms with Crippen molar-refractivity contribution >= 4 is 21.4 Å². The molecule has 0 amide bonds. The number of hydrogen-bond acceptors (Lipinski definition) is 3. The highest BCUT2D eigenvalue weighted by atomic mass is 35.5. The van der Waals surface area contributed by atoms with Gasteiger partial charge in [0, 0.05) is 6.54 Å². The van der Waals surface area contributed by atoms with Gasteiger partial charge in [-0.15, -0.1) is 11.6 Å². The molecule has 11 heavy (non-hydrogen) atoms. The molecule has 68 valence electrons. The van der Waals surface area contributed by atoms with Crippen molar-refractivity contribution in [3.8, 4) is 0 Å². The van der Waals surface area contributed by atoms with Crippen LogP contribution in [0.1, 0.15) is 13.8 Å². The average molecular weight is 200 g/mol. The number of sulfone groups is 1. The Balaban J connectivity index is 3.75. The van der Waals surface area contributed by atoms with Gasteiger partial charge in [0.05, 0.1) is 5.75 Å². The summed E-state index contributed by atoms with van der Waals surface area (Å²) in [6.45, 7) is 4.67. The van der Waals surface area contributed by atoms with E-state index >= 15 is 0 Å². The molecule has 0 saturated carbocycles. The van der Waals surface area contributed by atoms with Gasteiger partial charge < -0.3 is 5.32 Å². The summed E-state index contributed by atoms with van der Waals surface area (Å²) in [5, 5.41) is 2.92. The minimum atomic E-state index is -3.07. The van der Waals surface area contributed by atoms with Gasteiger partial charge in [-0.25, -0.2) is 8.42 Å². The van der Waals surface area contributed by atoms with Crippen LogP contribution in [0, 0.1) is 0 Å². The van der Waals surface area contributed by atoms with E-state index in [1.807, 2.05) is 6.92 Å². The molecule has 5 heteroatoms. The van der Waals surface area contributed by atoms with E-state index in [1.54, 1.807) is 0 Å². The van der Waals surface area contributed by atoms with Crippen LogP contribution in [0.2, 0.25) is 0 Å². The molecule has 0 fully saturated rings. The second-order valence-electron chi connectivity index (χ2n) is 2.26. The maximum absolute atomic E-state index is 11.0. The molecule has 0 heterocycles. The zero-order chi connectivity index (χ0) is 8.91. The molecule has 0 aliphatic rings. The maximum atomic E-state index is 11.0. The lowest BCUT2D eigenvalue weighted by Crippen LogP contribution is -2.26. The van der Waals surface area contributed by atoms with E-state index in [-0.39, 0.29) is 5.75 Å². The predicted molar refractivity (Wildman–Crippen MR) is 47.6 cm³/mol. The summed E-state index contributed by atoms with van der Waals surface area (Å²) in [5.41, 5.74) is 0. The lowest BCUT2D eigenvalue weighted by Gasteiger charge is -2.05. The van der Waals surface area contributed by atoms with Gasteiger partial charge in [-0.05, 0) is 13.5 Å². The van der Waals surface area contributed by atoms with Crippen LogP contribution in [0.3, 0.4) is 0 Å². The number of alkyl halides is 1. The quantitative estimate of drug-likeness (QED) is 0.521. The first-order valence-corrected chi connectivity index (χ1v) is 5.72. The minimum Gasteiger partial charge on any atom is -0.316 e. The monoisotopic (exact) mass is 199 g/mol. The first kappa shape index (κ1) is 11.2. The summed E-state index contributed by atoms with van der Waals surface area (Å²) in [6, 6.07) is 0. The van der Waals surface area contributed by atoms with E-state index in [2.05, 4.69) is 5.32 Å². The van der Waals surface area contributed by atoms with Crippen LogP contribution in [0.25, 0.3) is 0 Å². The molecule has 0 saturated heterocycles. The van der Waals surface area contributed by atoms with Crippen molar-refractivity contribution in [2.45, 2.75) is 18.6 Å². The third-order valence-electron chi connectivity index (χ3n) is 1.31. The van der Waals surface area contributed by atoms with Crippen LogP contribution < -0.4 is 5.32 Å². The van der Waals surface area contributed by atoms with Crippen molar-refractivity contribution in [2.75, 3.05) is 18.8 Å². The third kappa shape index (κ3) is 4.61. The van der Waals surface area contributed by atoms with Crippen LogP contribution in [-0.2, 0) is 9.84 Å². The molecule has 3 nitrogen and oxygen atoms in total. The Kier molecular flexibility index (Phi) is 5.04. The van der Waals surface area contributed by atoms with Crippen molar-refractivity contribution in [3.63, 3.8) is 0 Å². The standard InChI is InChI=1S/C6H14ClNO2S/c1-3-8-4-5-11(9,10)6(2)7/h6,8H,3-5H2,1-2H3. The Bertz CT molecular complexity index is 189. The Labute approximate surface area is 73.0 Å². The smallest absolute Gasteiger partial charge is 0.168 e. The first-order valence-electron chi connectivity index (χ1n) is 3.57. The van der Waals surface area contributed by atoms with E-state index in [0.717, 1.165) is 6.54 Å². The molecule has 0 spiro atoms. The molecule has 1 unspecified atom stereocenters. The van der Waals surface area contributed by atoms with Crippen molar-refractivity contribution in [1.29, 1.82) is 0 Å². The average Bonchev–Trinajstić information content (AvgIpc) is 1.88. The number of halogens is 1. The number of hydrogen-bond donors (Lipinski definition) is 1. The summed E-state index contributed by atoms with van der Waals surface area (Å²) in [6.07, 6.45) is 0. The van der Waals surface area contributed by atoms with Gasteiger partial charge in [-0.3, -0.25) is 0 Å². The van der Waals surface area contributed by atoms with Gasteiger partial charge in [-0.1, -0.05) is 6.92 Å². The molecule has 0 aromatic heterocycles. The number of nitrogens with one attached hydrogen (secondary N) is 1. The van der Waals surface area contributed by atoms with E-state index in [1.165, 1.54) is 6.92 Å². The van der Waals surface area contributed by atoms with E-state index in [0.29, 0.717) is 6.54 Å².